The zero-order valence-electron chi connectivity index (χ0n) is 29.9. The summed E-state index contributed by atoms with van der Waals surface area (Å²) in [5.41, 5.74) is 15.4. The SMILES string of the molecule is C=N.Cc1ccccc1.c1ccc(Cc2cccc(-c3cccc4oc5ccc(-c6cccc(-c7cccc(-c8ccccc8)c7)c6)cc5c34)c2)cc1. The lowest BCUT2D eigenvalue weighted by Gasteiger charge is -2.09. The zero-order chi connectivity index (χ0) is 36.4. The predicted octanol–water partition coefficient (Wildman–Crippen LogP) is 14.1. The molecule has 0 saturated heterocycles. The molecule has 0 amide bonds. The highest BCUT2D eigenvalue weighted by molar-refractivity contribution is 6.13. The van der Waals surface area contributed by atoms with E-state index in [2.05, 4.69) is 196 Å². The summed E-state index contributed by atoms with van der Waals surface area (Å²) in [5.74, 6) is 0. The normalized spacial score (nSPS) is 10.6. The second kappa shape index (κ2) is 16.5. The molecule has 53 heavy (non-hydrogen) atoms. The number of rotatable bonds is 6. The predicted molar refractivity (Wildman–Crippen MR) is 226 cm³/mol. The Morgan fingerprint density at radius 1 is 0.396 bits per heavy atom. The lowest BCUT2D eigenvalue weighted by Crippen LogP contribution is -1.89. The van der Waals surface area contributed by atoms with E-state index in [9.17, 15) is 0 Å². The Kier molecular flexibility index (Phi) is 10.8. The van der Waals surface area contributed by atoms with Gasteiger partial charge in [-0.05, 0) is 106 Å². The molecule has 0 fully saturated rings. The first kappa shape index (κ1) is 34.7. The van der Waals surface area contributed by atoms with Gasteiger partial charge in [0.05, 0.1) is 0 Å². The molecule has 0 saturated carbocycles. The molecule has 1 aromatic heterocycles. The van der Waals surface area contributed by atoms with E-state index in [0.29, 0.717) is 0 Å². The summed E-state index contributed by atoms with van der Waals surface area (Å²) in [7, 11) is 0. The van der Waals surface area contributed by atoms with Crippen LogP contribution < -0.4 is 0 Å². The second-order valence-corrected chi connectivity index (χ2v) is 13.0. The van der Waals surface area contributed by atoms with Crippen LogP contribution >= 0.6 is 0 Å². The molecule has 256 valence electrons. The van der Waals surface area contributed by atoms with E-state index < -0.39 is 0 Å². The van der Waals surface area contributed by atoms with Crippen molar-refractivity contribution in [3.63, 3.8) is 0 Å². The molecule has 0 aliphatic carbocycles. The van der Waals surface area contributed by atoms with E-state index in [-0.39, 0.29) is 0 Å². The van der Waals surface area contributed by atoms with Crippen LogP contribution in [0.5, 0.6) is 0 Å². The quantitative estimate of drug-likeness (QED) is 0.174. The lowest BCUT2D eigenvalue weighted by molar-refractivity contribution is 0.669. The van der Waals surface area contributed by atoms with E-state index in [1.165, 1.54) is 61.2 Å². The van der Waals surface area contributed by atoms with Crippen molar-refractivity contribution in [2.75, 3.05) is 0 Å². The van der Waals surface area contributed by atoms with Gasteiger partial charge in [-0.1, -0.05) is 175 Å². The van der Waals surface area contributed by atoms with Gasteiger partial charge in [0, 0.05) is 10.8 Å². The van der Waals surface area contributed by atoms with Crippen LogP contribution in [0.3, 0.4) is 0 Å². The minimum absolute atomic E-state index is 0.906. The maximum absolute atomic E-state index is 6.38. The van der Waals surface area contributed by atoms with Crippen molar-refractivity contribution in [1.29, 1.82) is 5.41 Å². The van der Waals surface area contributed by atoms with Crippen LogP contribution in [0.15, 0.2) is 205 Å². The Balaban J connectivity index is 0.000000431. The monoisotopic (exact) mass is 683 g/mol. The molecule has 9 rings (SSSR count). The summed E-state index contributed by atoms with van der Waals surface area (Å²) in [4.78, 5) is 0. The minimum atomic E-state index is 0.906. The smallest absolute Gasteiger partial charge is 0.136 e. The number of hydrogen-bond donors (Lipinski definition) is 1. The van der Waals surface area contributed by atoms with Crippen molar-refractivity contribution in [1.82, 2.24) is 0 Å². The van der Waals surface area contributed by atoms with Gasteiger partial charge in [-0.25, -0.2) is 0 Å². The van der Waals surface area contributed by atoms with Crippen molar-refractivity contribution < 1.29 is 4.42 Å². The van der Waals surface area contributed by atoms with Crippen LogP contribution in [0.25, 0.3) is 66.4 Å². The average molecular weight is 684 g/mol. The summed E-state index contributed by atoms with van der Waals surface area (Å²) in [6.07, 6.45) is 0.908. The Morgan fingerprint density at radius 3 is 1.51 bits per heavy atom. The topological polar surface area (TPSA) is 37.0 Å². The highest BCUT2D eigenvalue weighted by atomic mass is 16.3. The molecular formula is C51H41NO. The maximum atomic E-state index is 6.38. The minimum Gasteiger partial charge on any atom is -0.456 e. The van der Waals surface area contributed by atoms with E-state index in [0.717, 1.165) is 28.4 Å². The number of fused-ring (bicyclic) bond motifs is 3. The molecule has 0 aliphatic rings. The van der Waals surface area contributed by atoms with Gasteiger partial charge in [0.2, 0.25) is 0 Å². The van der Waals surface area contributed by atoms with E-state index in [4.69, 9.17) is 9.83 Å². The Hall–Kier alpha value is -6.77. The van der Waals surface area contributed by atoms with Crippen molar-refractivity contribution in [3.8, 4) is 44.5 Å². The van der Waals surface area contributed by atoms with Crippen molar-refractivity contribution in [2.24, 2.45) is 0 Å². The molecule has 9 aromatic rings. The highest BCUT2D eigenvalue weighted by Gasteiger charge is 2.14. The largest absolute Gasteiger partial charge is 0.456 e. The van der Waals surface area contributed by atoms with Gasteiger partial charge in [-0.2, -0.15) is 0 Å². The summed E-state index contributed by atoms with van der Waals surface area (Å²) in [5, 5.41) is 7.80. The number of aryl methyl sites for hydroxylation is 1. The summed E-state index contributed by atoms with van der Waals surface area (Å²) in [6.45, 7) is 4.58. The number of benzene rings is 8. The fourth-order valence-corrected chi connectivity index (χ4v) is 6.85. The number of nitrogens with one attached hydrogen (secondary N) is 1. The van der Waals surface area contributed by atoms with Crippen molar-refractivity contribution in [3.05, 3.63) is 217 Å². The molecule has 0 aliphatic heterocycles. The molecule has 2 heteroatoms. The molecule has 0 unspecified atom stereocenters. The summed E-state index contributed by atoms with van der Waals surface area (Å²) < 4.78 is 6.38. The van der Waals surface area contributed by atoms with E-state index in [1.54, 1.807) is 0 Å². The van der Waals surface area contributed by atoms with Crippen molar-refractivity contribution in [2.45, 2.75) is 13.3 Å². The van der Waals surface area contributed by atoms with Crippen LogP contribution in [0.4, 0.5) is 0 Å². The third kappa shape index (κ3) is 8.09. The van der Waals surface area contributed by atoms with Gasteiger partial charge in [-0.15, -0.1) is 0 Å². The first-order valence-electron chi connectivity index (χ1n) is 17.9. The number of furan rings is 1. The van der Waals surface area contributed by atoms with Crippen molar-refractivity contribution >= 4 is 28.7 Å². The summed E-state index contributed by atoms with van der Waals surface area (Å²) in [6, 6.07) is 71.0. The van der Waals surface area contributed by atoms with Crippen LogP contribution in [0, 0.1) is 12.3 Å². The third-order valence-electron chi connectivity index (χ3n) is 9.42. The second-order valence-electron chi connectivity index (χ2n) is 13.0. The van der Waals surface area contributed by atoms with Gasteiger partial charge >= 0.3 is 0 Å². The van der Waals surface area contributed by atoms with Crippen LogP contribution in [-0.4, -0.2) is 6.72 Å². The zero-order valence-corrected chi connectivity index (χ0v) is 29.9. The van der Waals surface area contributed by atoms with Crippen LogP contribution in [0.1, 0.15) is 16.7 Å². The molecule has 1 heterocycles. The van der Waals surface area contributed by atoms with Crippen LogP contribution in [-0.2, 0) is 6.42 Å². The Labute approximate surface area is 312 Å². The van der Waals surface area contributed by atoms with Crippen LogP contribution in [0.2, 0.25) is 0 Å². The van der Waals surface area contributed by atoms with Gasteiger partial charge in [0.1, 0.15) is 11.2 Å². The van der Waals surface area contributed by atoms with E-state index >= 15 is 0 Å². The molecule has 8 aromatic carbocycles. The maximum Gasteiger partial charge on any atom is 0.136 e. The fraction of sp³-hybridized carbons (Fsp3) is 0.0392. The molecule has 1 N–H and O–H groups in total. The molecule has 2 nitrogen and oxygen atoms in total. The Bertz CT molecular complexity index is 2570. The molecular weight excluding hydrogens is 643 g/mol. The standard InChI is InChI=1S/C43H30O.C7H8.CH3N/c1-3-11-30(12-4-1)25-31-13-7-20-38(26-31)39-21-10-22-42-43(39)40-29-37(23-24-41(40)44-42)36-19-9-18-35(28-36)34-17-8-16-33(27-34)32-14-5-2-6-15-32;1-7-5-3-2-4-6-7;1-2/h1-24,26-29H,25H2;2-6H,1H3;2H,1H2. The van der Waals surface area contributed by atoms with Gasteiger partial charge in [0.25, 0.3) is 0 Å². The molecule has 0 atom stereocenters. The lowest BCUT2D eigenvalue weighted by atomic mass is 9.94. The third-order valence-corrected chi connectivity index (χ3v) is 9.42. The van der Waals surface area contributed by atoms with Gasteiger partial charge < -0.3 is 9.83 Å². The molecule has 0 radical (unpaired) electrons. The Morgan fingerprint density at radius 2 is 0.887 bits per heavy atom. The summed E-state index contributed by atoms with van der Waals surface area (Å²) >= 11 is 0. The average Bonchev–Trinajstić information content (AvgIpc) is 3.61. The molecule has 0 bridgehead atoms. The molecule has 0 spiro atoms. The van der Waals surface area contributed by atoms with Gasteiger partial charge in [0.15, 0.2) is 0 Å². The van der Waals surface area contributed by atoms with Gasteiger partial charge in [-0.3, -0.25) is 0 Å². The number of hydrogen-bond acceptors (Lipinski definition) is 2. The first-order chi connectivity index (χ1) is 26.2. The fourth-order valence-electron chi connectivity index (χ4n) is 6.85. The first-order valence-corrected chi connectivity index (χ1v) is 17.9. The van der Waals surface area contributed by atoms with E-state index in [1.807, 2.05) is 18.2 Å². The highest BCUT2D eigenvalue weighted by Crippen LogP contribution is 2.39.